The Morgan fingerprint density at radius 2 is 2.44 bits per heavy atom. The largest absolute Gasteiger partial charge is 0.438 e. The van der Waals surface area contributed by atoms with Crippen molar-refractivity contribution < 1.29 is 14.3 Å². The normalized spacial score (nSPS) is 21.1. The van der Waals surface area contributed by atoms with E-state index in [9.17, 15) is 4.79 Å². The molecule has 1 aromatic heterocycles. The maximum Gasteiger partial charge on any atom is 0.196 e. The van der Waals surface area contributed by atoms with Crippen molar-refractivity contribution in [2.24, 2.45) is 5.92 Å². The number of aldehydes is 1. The minimum absolute atomic E-state index is 0.246. The van der Waals surface area contributed by atoms with Gasteiger partial charge < -0.3 is 14.4 Å². The molecular weight excluding hydrogens is 206 g/mol. The Balaban J connectivity index is 2.00. The number of aliphatic hydroxyl groups is 1. The third-order valence-corrected chi connectivity index (χ3v) is 3.10. The van der Waals surface area contributed by atoms with Crippen LogP contribution in [0.1, 0.15) is 29.8 Å². The maximum atomic E-state index is 10.5. The van der Waals surface area contributed by atoms with E-state index in [-0.39, 0.29) is 6.61 Å². The molecule has 4 heteroatoms. The van der Waals surface area contributed by atoms with Crippen molar-refractivity contribution in [1.82, 2.24) is 0 Å². The molecule has 1 fully saturated rings. The Morgan fingerprint density at radius 1 is 1.56 bits per heavy atom. The highest BCUT2D eigenvalue weighted by atomic mass is 16.4. The average molecular weight is 223 g/mol. The first-order valence-electron chi connectivity index (χ1n) is 5.74. The van der Waals surface area contributed by atoms with Gasteiger partial charge in [0, 0.05) is 25.8 Å². The molecule has 0 saturated carbocycles. The zero-order valence-electron chi connectivity index (χ0n) is 9.26. The molecule has 0 radical (unpaired) electrons. The minimum Gasteiger partial charge on any atom is -0.438 e. The molecule has 1 aliphatic heterocycles. The van der Waals surface area contributed by atoms with Gasteiger partial charge in [-0.05, 0) is 31.2 Å². The summed E-state index contributed by atoms with van der Waals surface area (Å²) in [5.74, 6) is 1.67. The third kappa shape index (κ3) is 2.44. The average Bonchev–Trinajstić information content (AvgIpc) is 2.78. The topological polar surface area (TPSA) is 53.7 Å². The number of carbonyl (C=O) groups is 1. The van der Waals surface area contributed by atoms with E-state index in [1.54, 1.807) is 6.07 Å². The summed E-state index contributed by atoms with van der Waals surface area (Å²) < 4.78 is 5.39. The van der Waals surface area contributed by atoms with Crippen LogP contribution in [0.3, 0.4) is 0 Å². The molecule has 2 rings (SSSR count). The zero-order chi connectivity index (χ0) is 11.4. The smallest absolute Gasteiger partial charge is 0.196 e. The lowest BCUT2D eigenvalue weighted by molar-refractivity contribution is 0.110. The van der Waals surface area contributed by atoms with Crippen molar-refractivity contribution in [2.75, 3.05) is 24.6 Å². The summed E-state index contributed by atoms with van der Waals surface area (Å²) >= 11 is 0. The Labute approximate surface area is 94.9 Å². The van der Waals surface area contributed by atoms with Crippen molar-refractivity contribution in [2.45, 2.75) is 19.3 Å². The van der Waals surface area contributed by atoms with E-state index in [1.807, 2.05) is 6.07 Å². The molecule has 0 bridgehead atoms. The maximum absolute atomic E-state index is 10.5. The van der Waals surface area contributed by atoms with Gasteiger partial charge in [0.1, 0.15) is 0 Å². The van der Waals surface area contributed by atoms with Crippen molar-refractivity contribution in [1.29, 1.82) is 0 Å². The second-order valence-electron chi connectivity index (χ2n) is 4.26. The number of aliphatic hydroxyl groups excluding tert-OH is 1. The fourth-order valence-electron chi connectivity index (χ4n) is 2.26. The van der Waals surface area contributed by atoms with Crippen molar-refractivity contribution in [3.8, 4) is 0 Å². The Hall–Kier alpha value is -1.29. The van der Waals surface area contributed by atoms with Gasteiger partial charge in [0.15, 0.2) is 17.9 Å². The standard InChI is InChI=1S/C12H17NO3/c14-7-5-10-2-1-6-13(8-10)12-4-3-11(9-15)16-12/h3-4,9-10,14H,1-2,5-8H2. The van der Waals surface area contributed by atoms with Gasteiger partial charge in [-0.15, -0.1) is 0 Å². The summed E-state index contributed by atoms with van der Waals surface area (Å²) in [6.45, 7) is 2.12. The molecule has 0 spiro atoms. The summed E-state index contributed by atoms with van der Waals surface area (Å²) in [6, 6.07) is 3.53. The SMILES string of the molecule is O=Cc1ccc(N2CCCC(CCO)C2)o1. The molecule has 1 saturated heterocycles. The summed E-state index contributed by atoms with van der Waals surface area (Å²) in [4.78, 5) is 12.7. The van der Waals surface area contributed by atoms with Gasteiger partial charge in [0.25, 0.3) is 0 Å². The summed E-state index contributed by atoms with van der Waals surface area (Å²) in [5, 5.41) is 8.93. The monoisotopic (exact) mass is 223 g/mol. The highest BCUT2D eigenvalue weighted by Gasteiger charge is 2.21. The van der Waals surface area contributed by atoms with E-state index in [2.05, 4.69) is 4.90 Å². The van der Waals surface area contributed by atoms with Crippen LogP contribution >= 0.6 is 0 Å². The number of carbonyl (C=O) groups excluding carboxylic acids is 1. The summed E-state index contributed by atoms with van der Waals surface area (Å²) in [6.07, 6.45) is 3.84. The second kappa shape index (κ2) is 5.16. The Bertz CT molecular complexity index is 346. The highest BCUT2D eigenvalue weighted by molar-refractivity contribution is 5.71. The Morgan fingerprint density at radius 3 is 3.12 bits per heavy atom. The number of rotatable bonds is 4. The van der Waals surface area contributed by atoms with Crippen LogP contribution in [-0.2, 0) is 0 Å². The van der Waals surface area contributed by atoms with E-state index in [0.29, 0.717) is 11.7 Å². The predicted octanol–water partition coefficient (Wildman–Crippen LogP) is 1.69. The number of hydrogen-bond donors (Lipinski definition) is 1. The fraction of sp³-hybridized carbons (Fsp3) is 0.583. The van der Waals surface area contributed by atoms with Crippen LogP contribution in [0, 0.1) is 5.92 Å². The first-order chi connectivity index (χ1) is 7.83. The van der Waals surface area contributed by atoms with Crippen molar-refractivity contribution >= 4 is 12.2 Å². The van der Waals surface area contributed by atoms with Crippen LogP contribution in [0.15, 0.2) is 16.5 Å². The number of nitrogens with zero attached hydrogens (tertiary/aromatic N) is 1. The lowest BCUT2D eigenvalue weighted by Crippen LogP contribution is -2.35. The molecule has 88 valence electrons. The van der Waals surface area contributed by atoms with E-state index < -0.39 is 0 Å². The molecule has 1 unspecified atom stereocenters. The van der Waals surface area contributed by atoms with Gasteiger partial charge in [-0.1, -0.05) is 0 Å². The van der Waals surface area contributed by atoms with Gasteiger partial charge in [0.2, 0.25) is 0 Å². The molecule has 16 heavy (non-hydrogen) atoms. The molecule has 2 heterocycles. The molecule has 1 atom stereocenters. The van der Waals surface area contributed by atoms with Crippen LogP contribution in [0.2, 0.25) is 0 Å². The summed E-state index contributed by atoms with van der Waals surface area (Å²) in [7, 11) is 0. The number of furan rings is 1. The van der Waals surface area contributed by atoms with Gasteiger partial charge in [-0.3, -0.25) is 4.79 Å². The van der Waals surface area contributed by atoms with Gasteiger partial charge >= 0.3 is 0 Å². The van der Waals surface area contributed by atoms with Crippen LogP contribution in [-0.4, -0.2) is 31.1 Å². The predicted molar refractivity (Wildman–Crippen MR) is 60.7 cm³/mol. The van der Waals surface area contributed by atoms with Crippen molar-refractivity contribution in [3.05, 3.63) is 17.9 Å². The quantitative estimate of drug-likeness (QED) is 0.789. The second-order valence-corrected chi connectivity index (χ2v) is 4.26. The van der Waals surface area contributed by atoms with Crippen LogP contribution in [0.5, 0.6) is 0 Å². The molecule has 4 nitrogen and oxygen atoms in total. The number of anilines is 1. The van der Waals surface area contributed by atoms with Crippen LogP contribution in [0.4, 0.5) is 5.88 Å². The zero-order valence-corrected chi connectivity index (χ0v) is 9.26. The lowest BCUT2D eigenvalue weighted by atomic mass is 9.95. The minimum atomic E-state index is 0.246. The van der Waals surface area contributed by atoms with Crippen molar-refractivity contribution in [3.63, 3.8) is 0 Å². The molecule has 1 aliphatic rings. The molecule has 0 amide bonds. The first kappa shape index (κ1) is 11.2. The van der Waals surface area contributed by atoms with Gasteiger partial charge in [0.05, 0.1) is 0 Å². The number of piperidine rings is 1. The number of hydrogen-bond acceptors (Lipinski definition) is 4. The molecule has 1 aromatic rings. The third-order valence-electron chi connectivity index (χ3n) is 3.10. The molecule has 0 aromatic carbocycles. The van der Waals surface area contributed by atoms with E-state index in [4.69, 9.17) is 9.52 Å². The van der Waals surface area contributed by atoms with E-state index >= 15 is 0 Å². The lowest BCUT2D eigenvalue weighted by Gasteiger charge is -2.32. The highest BCUT2D eigenvalue weighted by Crippen LogP contribution is 2.25. The molecular formula is C12H17NO3. The Kier molecular flexibility index (Phi) is 3.62. The van der Waals surface area contributed by atoms with Gasteiger partial charge in [-0.25, -0.2) is 0 Å². The van der Waals surface area contributed by atoms with E-state index in [1.165, 1.54) is 0 Å². The summed E-state index contributed by atoms with van der Waals surface area (Å²) in [5.41, 5.74) is 0. The first-order valence-corrected chi connectivity index (χ1v) is 5.74. The van der Waals surface area contributed by atoms with Crippen LogP contribution in [0.25, 0.3) is 0 Å². The van der Waals surface area contributed by atoms with Crippen LogP contribution < -0.4 is 4.90 Å². The fourth-order valence-corrected chi connectivity index (χ4v) is 2.26. The molecule has 1 N–H and O–H groups in total. The van der Waals surface area contributed by atoms with Gasteiger partial charge in [-0.2, -0.15) is 0 Å². The molecule has 0 aliphatic carbocycles. The van der Waals surface area contributed by atoms with E-state index in [0.717, 1.165) is 44.5 Å².